The van der Waals surface area contributed by atoms with Gasteiger partial charge in [-0.3, -0.25) is 4.79 Å². The van der Waals surface area contributed by atoms with Gasteiger partial charge in [0.1, 0.15) is 22.5 Å². The van der Waals surface area contributed by atoms with Crippen LogP contribution in [0.2, 0.25) is 0 Å². The van der Waals surface area contributed by atoms with Gasteiger partial charge in [0.2, 0.25) is 11.2 Å². The van der Waals surface area contributed by atoms with E-state index in [0.29, 0.717) is 0 Å². The minimum Gasteiger partial charge on any atom is -0.508 e. The third-order valence-corrected chi connectivity index (χ3v) is 3.17. The first-order valence-electron chi connectivity index (χ1n) is 6.12. The Hall–Kier alpha value is -2.74. The molecule has 10 heteroatoms. The molecule has 11 N–H and O–H groups in total. The van der Waals surface area contributed by atoms with Crippen LogP contribution in [0.5, 0.6) is 28.7 Å². The Morgan fingerprint density at radius 3 is 2.04 bits per heavy atom. The molecule has 0 saturated heterocycles. The second-order valence-electron chi connectivity index (χ2n) is 4.65. The van der Waals surface area contributed by atoms with E-state index in [1.54, 1.807) is 0 Å². The van der Waals surface area contributed by atoms with Gasteiger partial charge in [0, 0.05) is 38.8 Å². The Morgan fingerprint density at radius 1 is 0.800 bits per heavy atom. The number of phenols is 4. The van der Waals surface area contributed by atoms with E-state index >= 15 is 0 Å². The van der Waals surface area contributed by atoms with Crippen LogP contribution < -0.4 is 17.7 Å². The minimum atomic E-state index is -0.888. The van der Waals surface area contributed by atoms with Crippen LogP contribution in [0.3, 0.4) is 0 Å². The first kappa shape index (κ1) is 22.3. The fraction of sp³-hybridized carbons (Fsp3) is 0. The van der Waals surface area contributed by atoms with Gasteiger partial charge in [-0.15, -0.1) is 0 Å². The summed E-state index contributed by atoms with van der Waals surface area (Å²) in [6, 6.07) is 5.64. The third kappa shape index (κ3) is 3.68. The Labute approximate surface area is 155 Å². The van der Waals surface area contributed by atoms with Crippen LogP contribution in [0, 0.1) is 0 Å². The zero-order valence-corrected chi connectivity index (χ0v) is 14.9. The van der Waals surface area contributed by atoms with Gasteiger partial charge >= 0.3 is 0 Å². The van der Waals surface area contributed by atoms with Crippen molar-refractivity contribution >= 4 is 11.0 Å². The predicted molar refractivity (Wildman–Crippen MR) is 86.3 cm³/mol. The van der Waals surface area contributed by atoms with E-state index in [-0.39, 0.29) is 67.2 Å². The first-order valence-corrected chi connectivity index (χ1v) is 6.12. The molecule has 0 fully saturated rings. The van der Waals surface area contributed by atoms with Gasteiger partial charge in [-0.1, -0.05) is 0 Å². The Bertz CT molecular complexity index is 972. The number of hydrogen-bond acceptors (Lipinski definition) is 9. The molecule has 1 heterocycles. The van der Waals surface area contributed by atoms with Crippen molar-refractivity contribution in [1.29, 1.82) is 0 Å². The predicted octanol–water partition coefficient (Wildman–Crippen LogP) is 2.31. The number of benzene rings is 2. The summed E-state index contributed by atoms with van der Waals surface area (Å²) in [5, 5.41) is 47.6. The molecule has 138 valence electrons. The summed E-state index contributed by atoms with van der Waals surface area (Å²) in [4.78, 5) is 12.1. The maximum atomic E-state index is 12.1. The molecule has 0 spiro atoms. The van der Waals surface area contributed by atoms with E-state index in [1.807, 2.05) is 0 Å². The molecule has 0 atom stereocenters. The van der Waals surface area contributed by atoms with Crippen LogP contribution in [-0.2, 0) is 21.1 Å². The summed E-state index contributed by atoms with van der Waals surface area (Å²) < 4.78 is 5.35. The largest absolute Gasteiger partial charge is 0.508 e. The number of rotatable bonds is 1. The molecule has 0 unspecified atom stereocenters. The first-order chi connectivity index (χ1) is 10.4. The van der Waals surface area contributed by atoms with E-state index in [4.69, 9.17) is 4.42 Å². The normalized spacial score (nSPS) is 9.60. The van der Waals surface area contributed by atoms with E-state index in [0.717, 1.165) is 24.3 Å². The van der Waals surface area contributed by atoms with Gasteiger partial charge in [0.25, 0.3) is 0 Å². The Morgan fingerprint density at radius 2 is 1.44 bits per heavy atom. The monoisotopic (exact) mass is 531 g/mol. The molecule has 0 bridgehead atoms. The van der Waals surface area contributed by atoms with Crippen molar-refractivity contribution in [3.8, 4) is 40.1 Å². The van der Waals surface area contributed by atoms with Crippen molar-refractivity contribution in [1.82, 2.24) is 12.3 Å². The third-order valence-electron chi connectivity index (χ3n) is 3.17. The number of fused-ring (bicyclic) bond motifs is 1. The van der Waals surface area contributed by atoms with Gasteiger partial charge in [-0.2, -0.15) is 0 Å². The molecular formula is C15H16N2O7Pt. The standard InChI is InChI=1S/C15H10O7.2H3N.Pt/c16-7-4-10(19)12-11(5-7)22-15(14(21)13(12)20)6-1-2-8(17)9(18)3-6;;;/h1-5,16-19,21H;2*1H3;. The van der Waals surface area contributed by atoms with Gasteiger partial charge in [-0.25, -0.2) is 0 Å². The number of phenolic OH excluding ortho intramolecular Hbond substituents is 4. The summed E-state index contributed by atoms with van der Waals surface area (Å²) in [6.07, 6.45) is 0. The molecule has 0 aliphatic heterocycles. The average Bonchev–Trinajstić information content (AvgIpc) is 2.45. The molecule has 0 saturated carbocycles. The molecule has 0 radical (unpaired) electrons. The van der Waals surface area contributed by atoms with E-state index in [1.165, 1.54) is 6.07 Å². The van der Waals surface area contributed by atoms with Gasteiger partial charge < -0.3 is 42.3 Å². The summed E-state index contributed by atoms with van der Waals surface area (Å²) in [6.45, 7) is 0. The molecule has 0 aliphatic rings. The van der Waals surface area contributed by atoms with Crippen molar-refractivity contribution in [2.45, 2.75) is 0 Å². The van der Waals surface area contributed by atoms with Crippen molar-refractivity contribution in [3.05, 3.63) is 40.6 Å². The topological polar surface area (TPSA) is 201 Å². The summed E-state index contributed by atoms with van der Waals surface area (Å²) in [7, 11) is 0. The quantitative estimate of drug-likeness (QED) is 0.230. The van der Waals surface area contributed by atoms with E-state index in [9.17, 15) is 30.3 Å². The maximum absolute atomic E-state index is 12.1. The second-order valence-corrected chi connectivity index (χ2v) is 4.65. The summed E-state index contributed by atoms with van der Waals surface area (Å²) in [5.41, 5.74) is -0.890. The van der Waals surface area contributed by atoms with Crippen molar-refractivity contribution in [3.63, 3.8) is 0 Å². The van der Waals surface area contributed by atoms with Crippen LogP contribution in [0.1, 0.15) is 0 Å². The average molecular weight is 531 g/mol. The smallest absolute Gasteiger partial charge is 0.238 e. The molecule has 0 aliphatic carbocycles. The van der Waals surface area contributed by atoms with Crippen LogP contribution in [0.4, 0.5) is 0 Å². The maximum Gasteiger partial charge on any atom is 0.238 e. The van der Waals surface area contributed by atoms with Gasteiger partial charge in [0.05, 0.1) is 0 Å². The molecule has 0 amide bonds. The van der Waals surface area contributed by atoms with Gasteiger partial charge in [0.15, 0.2) is 17.3 Å². The Balaban J connectivity index is 0.00000192. The van der Waals surface area contributed by atoms with Crippen LogP contribution in [0.15, 0.2) is 39.5 Å². The summed E-state index contributed by atoms with van der Waals surface area (Å²) >= 11 is 0. The molecule has 25 heavy (non-hydrogen) atoms. The van der Waals surface area contributed by atoms with Crippen molar-refractivity contribution < 1.29 is 51.0 Å². The fourth-order valence-electron chi connectivity index (χ4n) is 2.14. The second kappa shape index (κ2) is 7.89. The van der Waals surface area contributed by atoms with E-state index in [2.05, 4.69) is 0 Å². The van der Waals surface area contributed by atoms with Crippen LogP contribution in [0.25, 0.3) is 22.3 Å². The summed E-state index contributed by atoms with van der Waals surface area (Å²) in [5.74, 6) is -2.71. The molecular weight excluding hydrogens is 515 g/mol. The molecule has 1 aromatic heterocycles. The van der Waals surface area contributed by atoms with Gasteiger partial charge in [-0.05, 0) is 18.2 Å². The van der Waals surface area contributed by atoms with Crippen LogP contribution in [-0.4, -0.2) is 25.5 Å². The zero-order chi connectivity index (χ0) is 16.0. The fourth-order valence-corrected chi connectivity index (χ4v) is 2.14. The van der Waals surface area contributed by atoms with E-state index < -0.39 is 22.7 Å². The molecule has 9 nitrogen and oxygen atoms in total. The molecule has 2 aromatic carbocycles. The van der Waals surface area contributed by atoms with Crippen molar-refractivity contribution in [2.75, 3.05) is 0 Å². The number of aromatic hydroxyl groups is 5. The Kier molecular flexibility index (Phi) is 7.02. The zero-order valence-electron chi connectivity index (χ0n) is 12.7. The van der Waals surface area contributed by atoms with Crippen LogP contribution >= 0.6 is 0 Å². The van der Waals surface area contributed by atoms with Crippen molar-refractivity contribution in [2.24, 2.45) is 0 Å². The SMILES string of the molecule is N.N.O=c1c(O)c(-c2ccc(O)c(O)c2)oc2cc(O)cc(O)c12.[Pt]. The number of hydrogen-bond donors (Lipinski definition) is 7. The minimum absolute atomic E-state index is 0. The molecule has 3 rings (SSSR count). The molecule has 3 aromatic rings.